The minimum Gasteiger partial charge on any atom is -0.452 e. The van der Waals surface area contributed by atoms with Gasteiger partial charge in [-0.1, -0.05) is 0 Å². The fraction of sp³-hybridized carbons (Fsp3) is 0.0769. The second-order valence-electron chi connectivity index (χ2n) is 4.15. The van der Waals surface area contributed by atoms with Gasteiger partial charge in [0.05, 0.1) is 10.6 Å². The summed E-state index contributed by atoms with van der Waals surface area (Å²) in [6.45, 7) is 0. The van der Waals surface area contributed by atoms with Crippen molar-refractivity contribution in [2.75, 3.05) is 12.0 Å². The number of sulfone groups is 1. The molecule has 0 saturated heterocycles. The van der Waals surface area contributed by atoms with E-state index in [0.29, 0.717) is 0 Å². The third-order valence-corrected chi connectivity index (χ3v) is 3.63. The first-order valence-corrected chi connectivity index (χ1v) is 7.39. The van der Waals surface area contributed by atoms with Crippen molar-refractivity contribution >= 4 is 15.5 Å². The Kier molecular flexibility index (Phi) is 3.63. The molecule has 7 heteroatoms. The van der Waals surface area contributed by atoms with Crippen molar-refractivity contribution in [1.82, 2.24) is 0 Å². The molecular weight excluding hydrogens is 288 g/mol. The highest BCUT2D eigenvalue weighted by molar-refractivity contribution is 7.90. The fourth-order valence-corrected chi connectivity index (χ4v) is 2.18. The molecule has 0 heterocycles. The van der Waals surface area contributed by atoms with Crippen LogP contribution >= 0.6 is 0 Å². The van der Waals surface area contributed by atoms with Gasteiger partial charge >= 0.3 is 0 Å². The maximum atomic E-state index is 13.4. The van der Waals surface area contributed by atoms with Gasteiger partial charge < -0.3 is 10.5 Å². The van der Waals surface area contributed by atoms with E-state index in [-0.39, 0.29) is 22.1 Å². The van der Waals surface area contributed by atoms with E-state index in [1.165, 1.54) is 18.2 Å². The van der Waals surface area contributed by atoms with Gasteiger partial charge in [0.15, 0.2) is 27.2 Å². The van der Waals surface area contributed by atoms with E-state index in [1.807, 2.05) is 0 Å². The minimum absolute atomic E-state index is 0.0107. The normalized spacial score (nSPS) is 11.3. The summed E-state index contributed by atoms with van der Waals surface area (Å²) < 4.78 is 54.3. The molecule has 4 nitrogen and oxygen atoms in total. The van der Waals surface area contributed by atoms with Crippen LogP contribution in [-0.2, 0) is 9.84 Å². The molecule has 0 atom stereocenters. The molecular formula is C13H11F2NO3S. The molecule has 0 aliphatic rings. The van der Waals surface area contributed by atoms with Gasteiger partial charge in [0.2, 0.25) is 0 Å². The molecule has 0 unspecified atom stereocenters. The van der Waals surface area contributed by atoms with Gasteiger partial charge in [0, 0.05) is 12.3 Å². The Hall–Kier alpha value is -2.15. The van der Waals surface area contributed by atoms with Gasteiger partial charge in [-0.3, -0.25) is 0 Å². The number of benzene rings is 2. The molecule has 20 heavy (non-hydrogen) atoms. The summed E-state index contributed by atoms with van der Waals surface area (Å²) in [4.78, 5) is 0.0158. The lowest BCUT2D eigenvalue weighted by Crippen LogP contribution is -2.00. The summed E-state index contributed by atoms with van der Waals surface area (Å²) in [6.07, 6.45) is 1.04. The van der Waals surface area contributed by atoms with Crippen LogP contribution in [0.5, 0.6) is 11.5 Å². The molecule has 2 N–H and O–H groups in total. The van der Waals surface area contributed by atoms with Crippen LogP contribution in [0.1, 0.15) is 0 Å². The number of ether oxygens (including phenoxy) is 1. The average Bonchev–Trinajstić information content (AvgIpc) is 2.35. The Morgan fingerprint density at radius 3 is 2.35 bits per heavy atom. The molecule has 0 aliphatic carbocycles. The highest BCUT2D eigenvalue weighted by Crippen LogP contribution is 2.31. The van der Waals surface area contributed by atoms with E-state index < -0.39 is 21.5 Å². The molecule has 0 bridgehead atoms. The van der Waals surface area contributed by atoms with Gasteiger partial charge in [-0.25, -0.2) is 17.2 Å². The number of nitrogen functional groups attached to an aromatic ring is 1. The van der Waals surface area contributed by atoms with Gasteiger partial charge in [-0.15, -0.1) is 0 Å². The van der Waals surface area contributed by atoms with Crippen molar-refractivity contribution in [3.05, 3.63) is 48.0 Å². The van der Waals surface area contributed by atoms with Gasteiger partial charge in [0.1, 0.15) is 5.82 Å². The van der Waals surface area contributed by atoms with Gasteiger partial charge in [-0.2, -0.15) is 0 Å². The van der Waals surface area contributed by atoms with Crippen molar-refractivity contribution in [3.8, 4) is 11.5 Å². The lowest BCUT2D eigenvalue weighted by atomic mass is 10.3. The van der Waals surface area contributed by atoms with E-state index in [2.05, 4.69) is 0 Å². The average molecular weight is 299 g/mol. The quantitative estimate of drug-likeness (QED) is 0.885. The standard InChI is InChI=1S/C13H11F2NO3S/c1-20(17,18)9-3-5-12(11(16)7-9)19-13-6-8(14)2-4-10(13)15/h2-7H,16H2,1H3. The van der Waals surface area contributed by atoms with Crippen LogP contribution < -0.4 is 10.5 Å². The highest BCUT2D eigenvalue weighted by Gasteiger charge is 2.12. The van der Waals surface area contributed by atoms with Crippen LogP contribution in [0.4, 0.5) is 14.5 Å². The molecule has 0 aliphatic heterocycles. The molecule has 106 valence electrons. The van der Waals surface area contributed by atoms with Crippen molar-refractivity contribution in [1.29, 1.82) is 0 Å². The minimum atomic E-state index is -3.40. The van der Waals surface area contributed by atoms with Crippen LogP contribution in [0.2, 0.25) is 0 Å². The van der Waals surface area contributed by atoms with Crippen LogP contribution in [0.3, 0.4) is 0 Å². The number of rotatable bonds is 3. The summed E-state index contributed by atoms with van der Waals surface area (Å²) in [5.41, 5.74) is 5.66. The summed E-state index contributed by atoms with van der Waals surface area (Å²) in [6, 6.07) is 6.51. The third kappa shape index (κ3) is 3.05. The lowest BCUT2D eigenvalue weighted by Gasteiger charge is -2.10. The molecule has 2 aromatic carbocycles. The Morgan fingerprint density at radius 1 is 1.05 bits per heavy atom. The Bertz CT molecular complexity index is 760. The Labute approximate surface area is 114 Å². The topological polar surface area (TPSA) is 69.4 Å². The SMILES string of the molecule is CS(=O)(=O)c1ccc(Oc2cc(F)ccc2F)c(N)c1. The smallest absolute Gasteiger partial charge is 0.175 e. The number of halogens is 2. The molecule has 0 saturated carbocycles. The first-order chi connectivity index (χ1) is 9.27. The number of hydrogen-bond donors (Lipinski definition) is 1. The van der Waals surface area contributed by atoms with Crippen molar-refractivity contribution < 1.29 is 21.9 Å². The maximum absolute atomic E-state index is 13.4. The van der Waals surface area contributed by atoms with Gasteiger partial charge in [-0.05, 0) is 30.3 Å². The summed E-state index contributed by atoms with van der Waals surface area (Å²) in [7, 11) is -3.40. The predicted molar refractivity (Wildman–Crippen MR) is 70.4 cm³/mol. The van der Waals surface area contributed by atoms with Crippen LogP contribution in [0.15, 0.2) is 41.3 Å². The molecule has 2 rings (SSSR count). The van der Waals surface area contributed by atoms with Crippen LogP contribution in [0, 0.1) is 11.6 Å². The highest BCUT2D eigenvalue weighted by atomic mass is 32.2. The molecule has 0 radical (unpaired) electrons. The largest absolute Gasteiger partial charge is 0.452 e. The van der Waals surface area contributed by atoms with E-state index >= 15 is 0 Å². The molecule has 0 aromatic heterocycles. The van der Waals surface area contributed by atoms with E-state index in [1.54, 1.807) is 0 Å². The molecule has 0 amide bonds. The van der Waals surface area contributed by atoms with E-state index in [4.69, 9.17) is 10.5 Å². The summed E-state index contributed by atoms with van der Waals surface area (Å²) >= 11 is 0. The second kappa shape index (κ2) is 5.09. The van der Waals surface area contributed by atoms with Crippen molar-refractivity contribution in [2.24, 2.45) is 0 Å². The van der Waals surface area contributed by atoms with Crippen molar-refractivity contribution in [3.63, 3.8) is 0 Å². The number of nitrogens with two attached hydrogens (primary N) is 1. The molecule has 0 spiro atoms. The summed E-state index contributed by atoms with van der Waals surface area (Å²) in [5.74, 6) is -1.70. The van der Waals surface area contributed by atoms with Gasteiger partial charge in [0.25, 0.3) is 0 Å². The van der Waals surface area contributed by atoms with Crippen LogP contribution in [0.25, 0.3) is 0 Å². The number of hydrogen-bond acceptors (Lipinski definition) is 4. The Balaban J connectivity index is 2.38. The zero-order valence-corrected chi connectivity index (χ0v) is 11.2. The Morgan fingerprint density at radius 2 is 1.75 bits per heavy atom. The van der Waals surface area contributed by atoms with E-state index in [9.17, 15) is 17.2 Å². The third-order valence-electron chi connectivity index (χ3n) is 2.52. The zero-order chi connectivity index (χ0) is 14.9. The monoisotopic (exact) mass is 299 g/mol. The number of anilines is 1. The lowest BCUT2D eigenvalue weighted by molar-refractivity contribution is 0.438. The summed E-state index contributed by atoms with van der Waals surface area (Å²) in [5, 5.41) is 0. The fourth-order valence-electron chi connectivity index (χ4n) is 1.52. The zero-order valence-electron chi connectivity index (χ0n) is 10.4. The molecule has 0 fully saturated rings. The predicted octanol–water partition coefficient (Wildman–Crippen LogP) is 2.74. The first-order valence-electron chi connectivity index (χ1n) is 5.50. The van der Waals surface area contributed by atoms with Crippen molar-refractivity contribution in [2.45, 2.75) is 4.90 Å². The van der Waals surface area contributed by atoms with E-state index in [0.717, 1.165) is 24.5 Å². The van der Waals surface area contributed by atoms with Crippen LogP contribution in [-0.4, -0.2) is 14.7 Å². The second-order valence-corrected chi connectivity index (χ2v) is 6.16. The maximum Gasteiger partial charge on any atom is 0.175 e. The molecule has 2 aromatic rings. The first kappa shape index (κ1) is 14.3.